The van der Waals surface area contributed by atoms with Gasteiger partial charge in [0.2, 0.25) is 5.75 Å². The lowest BCUT2D eigenvalue weighted by Crippen LogP contribution is -2.27. The van der Waals surface area contributed by atoms with Crippen LogP contribution in [0.1, 0.15) is 36.8 Å². The lowest BCUT2D eigenvalue weighted by molar-refractivity contribution is 0.0589. The van der Waals surface area contributed by atoms with E-state index in [0.29, 0.717) is 56.6 Å². The summed E-state index contributed by atoms with van der Waals surface area (Å²) in [5.74, 6) is 0.810. The molecule has 0 saturated carbocycles. The molecule has 1 aromatic heterocycles. The van der Waals surface area contributed by atoms with E-state index in [9.17, 15) is 14.4 Å². The molecule has 0 bridgehead atoms. The van der Waals surface area contributed by atoms with Crippen LogP contribution < -0.4 is 34.6 Å². The Kier molecular flexibility index (Phi) is 10.9. The highest BCUT2D eigenvalue weighted by Crippen LogP contribution is 2.45. The summed E-state index contributed by atoms with van der Waals surface area (Å²) < 4.78 is 41.1. The van der Waals surface area contributed by atoms with Crippen molar-refractivity contribution in [1.29, 1.82) is 0 Å². The van der Waals surface area contributed by atoms with Crippen LogP contribution in [0.3, 0.4) is 0 Å². The van der Waals surface area contributed by atoms with Crippen LogP contribution in [-0.4, -0.2) is 57.8 Å². The third kappa shape index (κ3) is 7.84. The van der Waals surface area contributed by atoms with Crippen LogP contribution in [0.15, 0.2) is 95.8 Å². The van der Waals surface area contributed by atoms with Crippen LogP contribution >= 0.6 is 0 Å². The Hall–Kier alpha value is -6.69. The van der Waals surface area contributed by atoms with Crippen LogP contribution in [0.25, 0.3) is 38.4 Å². The highest BCUT2D eigenvalue weighted by atomic mass is 16.6. The van der Waals surface area contributed by atoms with Crippen LogP contribution in [0.5, 0.6) is 28.7 Å². The molecule has 1 amide bonds. The highest BCUT2D eigenvalue weighted by molar-refractivity contribution is 6.08. The van der Waals surface area contributed by atoms with Gasteiger partial charge in [0.05, 0.1) is 40.9 Å². The number of nitrogens with one attached hydrogen (secondary N) is 1. The van der Waals surface area contributed by atoms with Crippen molar-refractivity contribution in [2.24, 2.45) is 0 Å². The minimum absolute atomic E-state index is 0.0889. The van der Waals surface area contributed by atoms with E-state index in [1.54, 1.807) is 69.3 Å². The molecule has 0 fully saturated rings. The SMILES string of the molecule is COC(=O)c1c(-c2cc(OC)c(OC)c(OC)c2)c2cc(OC)c(OCc3ccc4ccccc4c3)cc2c(=O)n1-c1ccc(NC(=O)OC(C)(C)C)cc1. The van der Waals surface area contributed by atoms with Crippen molar-refractivity contribution in [3.63, 3.8) is 0 Å². The number of anilines is 1. The van der Waals surface area contributed by atoms with Crippen LogP contribution in [0.4, 0.5) is 10.5 Å². The quantitative estimate of drug-likeness (QED) is 0.129. The maximum atomic E-state index is 14.8. The third-order valence-corrected chi connectivity index (χ3v) is 8.78. The molecule has 55 heavy (non-hydrogen) atoms. The van der Waals surface area contributed by atoms with Crippen LogP contribution in [0.2, 0.25) is 0 Å². The first-order chi connectivity index (χ1) is 26.4. The molecular weight excluding hydrogens is 704 g/mol. The van der Waals surface area contributed by atoms with Gasteiger partial charge in [-0.1, -0.05) is 36.4 Å². The van der Waals surface area contributed by atoms with Crippen molar-refractivity contribution in [1.82, 2.24) is 4.57 Å². The fourth-order valence-corrected chi connectivity index (χ4v) is 6.34. The average Bonchev–Trinajstić information content (AvgIpc) is 3.18. The van der Waals surface area contributed by atoms with Crippen molar-refractivity contribution in [2.45, 2.75) is 33.0 Å². The number of hydrogen-bond acceptors (Lipinski definition) is 10. The minimum Gasteiger partial charge on any atom is -0.493 e. The zero-order valence-electron chi connectivity index (χ0n) is 31.9. The van der Waals surface area contributed by atoms with Crippen molar-refractivity contribution in [3.05, 3.63) is 113 Å². The number of carbonyl (C=O) groups excluding carboxylic acids is 2. The molecule has 0 atom stereocenters. The molecule has 0 spiro atoms. The van der Waals surface area contributed by atoms with E-state index in [-0.39, 0.29) is 17.7 Å². The Morgan fingerprint density at radius 2 is 1.33 bits per heavy atom. The average molecular weight is 747 g/mol. The normalized spacial score (nSPS) is 11.2. The Balaban J connectivity index is 1.59. The van der Waals surface area contributed by atoms with E-state index >= 15 is 0 Å². The van der Waals surface area contributed by atoms with Crippen LogP contribution in [0, 0.1) is 0 Å². The molecule has 6 aromatic rings. The molecule has 0 radical (unpaired) electrons. The standard InChI is InChI=1S/C43H42N2O10/c1-43(2,3)55-42(48)44-29-15-17-30(18-16-29)45-38(41(47)53-8)37(28-20-35(50-5)39(52-7)36(21-28)51-6)31-22-33(49-4)34(23-32(31)40(45)46)54-24-25-13-14-26-11-9-10-12-27(26)19-25/h9-23H,24H2,1-8H3,(H,44,48). The lowest BCUT2D eigenvalue weighted by Gasteiger charge is -2.22. The molecule has 0 unspecified atom stereocenters. The fraction of sp³-hybridized carbons (Fsp3) is 0.233. The number of methoxy groups -OCH3 is 5. The molecule has 1 heterocycles. The van der Waals surface area contributed by atoms with Gasteiger partial charge in [-0.2, -0.15) is 0 Å². The summed E-state index contributed by atoms with van der Waals surface area (Å²) in [7, 11) is 7.19. The van der Waals surface area contributed by atoms with Crippen molar-refractivity contribution < 1.29 is 42.7 Å². The Labute approximate surface area is 318 Å². The summed E-state index contributed by atoms with van der Waals surface area (Å²) in [5, 5.41) is 5.44. The summed E-state index contributed by atoms with van der Waals surface area (Å²) in [5.41, 5.74) is 1.06. The van der Waals surface area contributed by atoms with Gasteiger partial charge >= 0.3 is 12.1 Å². The number of rotatable bonds is 11. The largest absolute Gasteiger partial charge is 0.493 e. The molecular formula is C43H42N2O10. The molecule has 0 aliphatic rings. The Bertz CT molecular complexity index is 2440. The van der Waals surface area contributed by atoms with E-state index in [4.69, 9.17) is 33.2 Å². The zero-order valence-corrected chi connectivity index (χ0v) is 31.9. The smallest absolute Gasteiger partial charge is 0.412 e. The molecule has 0 aliphatic carbocycles. The first-order valence-corrected chi connectivity index (χ1v) is 17.3. The second kappa shape index (κ2) is 15.7. The number of fused-ring (bicyclic) bond motifs is 2. The van der Waals surface area contributed by atoms with Gasteiger partial charge in [-0.15, -0.1) is 0 Å². The zero-order chi connectivity index (χ0) is 39.4. The first kappa shape index (κ1) is 38.0. The number of benzene rings is 5. The summed E-state index contributed by atoms with van der Waals surface area (Å²) >= 11 is 0. The predicted molar refractivity (Wildman–Crippen MR) is 211 cm³/mol. The topological polar surface area (TPSA) is 133 Å². The maximum absolute atomic E-state index is 14.8. The minimum atomic E-state index is -0.797. The fourth-order valence-electron chi connectivity index (χ4n) is 6.34. The summed E-state index contributed by atoms with van der Waals surface area (Å²) in [6, 6.07) is 27.1. The third-order valence-electron chi connectivity index (χ3n) is 8.78. The second-order valence-corrected chi connectivity index (χ2v) is 13.5. The number of aromatic nitrogens is 1. The lowest BCUT2D eigenvalue weighted by atomic mass is 9.95. The Morgan fingerprint density at radius 1 is 0.691 bits per heavy atom. The van der Waals surface area contributed by atoms with E-state index in [1.165, 1.54) is 40.1 Å². The molecule has 12 heteroatoms. The van der Waals surface area contributed by atoms with Crippen molar-refractivity contribution in [2.75, 3.05) is 40.9 Å². The van der Waals surface area contributed by atoms with Gasteiger partial charge in [-0.05, 0) is 97.3 Å². The number of pyridine rings is 1. The van der Waals surface area contributed by atoms with E-state index in [0.717, 1.165) is 16.3 Å². The number of nitrogens with zero attached hydrogens (tertiary/aromatic N) is 1. The number of amides is 1. The summed E-state index contributed by atoms with van der Waals surface area (Å²) in [6.07, 6.45) is -0.645. The number of carbonyl (C=O) groups is 2. The van der Waals surface area contributed by atoms with Gasteiger partial charge < -0.3 is 33.2 Å². The summed E-state index contributed by atoms with van der Waals surface area (Å²) in [4.78, 5) is 41.2. The second-order valence-electron chi connectivity index (χ2n) is 13.5. The molecule has 6 rings (SSSR count). The predicted octanol–water partition coefficient (Wildman–Crippen LogP) is 8.56. The maximum Gasteiger partial charge on any atom is 0.412 e. The molecule has 0 aliphatic heterocycles. The van der Waals surface area contributed by atoms with E-state index < -0.39 is 23.2 Å². The first-order valence-electron chi connectivity index (χ1n) is 17.3. The monoisotopic (exact) mass is 746 g/mol. The van der Waals surface area contributed by atoms with Gasteiger partial charge in [-0.3, -0.25) is 14.7 Å². The Morgan fingerprint density at radius 3 is 1.93 bits per heavy atom. The van der Waals surface area contributed by atoms with Gasteiger partial charge in [0.15, 0.2) is 23.0 Å². The molecule has 12 nitrogen and oxygen atoms in total. The van der Waals surface area contributed by atoms with E-state index in [1.807, 2.05) is 42.5 Å². The highest BCUT2D eigenvalue weighted by Gasteiger charge is 2.28. The molecule has 1 N–H and O–H groups in total. The number of ether oxygens (including phenoxy) is 7. The molecule has 0 saturated heterocycles. The summed E-state index contributed by atoms with van der Waals surface area (Å²) in [6.45, 7) is 5.47. The van der Waals surface area contributed by atoms with Gasteiger partial charge in [0.25, 0.3) is 5.56 Å². The van der Waals surface area contributed by atoms with Gasteiger partial charge in [0, 0.05) is 22.3 Å². The number of esters is 1. The van der Waals surface area contributed by atoms with Crippen LogP contribution in [-0.2, 0) is 16.1 Å². The van der Waals surface area contributed by atoms with Gasteiger partial charge in [-0.25, -0.2) is 9.59 Å². The van der Waals surface area contributed by atoms with Crippen molar-refractivity contribution >= 4 is 39.3 Å². The molecule has 284 valence electrons. The number of hydrogen-bond donors (Lipinski definition) is 1. The van der Waals surface area contributed by atoms with Gasteiger partial charge in [0.1, 0.15) is 17.9 Å². The molecule has 5 aromatic carbocycles. The van der Waals surface area contributed by atoms with E-state index in [2.05, 4.69) is 5.32 Å². The van der Waals surface area contributed by atoms with Crippen molar-refractivity contribution in [3.8, 4) is 45.6 Å².